The third kappa shape index (κ3) is 6.09. The van der Waals surface area contributed by atoms with Crippen LogP contribution in [0.4, 0.5) is 5.69 Å². The average molecular weight is 352 g/mol. The van der Waals surface area contributed by atoms with Crippen molar-refractivity contribution in [2.24, 2.45) is 5.92 Å². The summed E-state index contributed by atoms with van der Waals surface area (Å²) in [7, 11) is 1.61. The Morgan fingerprint density at radius 2 is 1.85 bits per heavy atom. The lowest BCUT2D eigenvalue weighted by atomic mass is 10.1. The van der Waals surface area contributed by atoms with Gasteiger partial charge in [0.05, 0.1) is 7.11 Å². The molecule has 136 valence electrons. The third-order valence-electron chi connectivity index (χ3n) is 3.61. The minimum atomic E-state index is -0.263. The summed E-state index contributed by atoms with van der Waals surface area (Å²) in [5, 5.41) is 5.62. The van der Waals surface area contributed by atoms with E-state index in [1.54, 1.807) is 37.5 Å². The number of benzene rings is 2. The molecule has 0 aromatic heterocycles. The molecule has 26 heavy (non-hydrogen) atoms. The number of carbonyl (C=O) groups excluding carboxylic acids is 2. The molecule has 0 spiro atoms. The zero-order valence-electron chi connectivity index (χ0n) is 15.3. The van der Waals surface area contributed by atoms with Crippen LogP contribution in [0.15, 0.2) is 54.6 Å². The molecule has 0 heterocycles. The van der Waals surface area contributed by atoms with Gasteiger partial charge >= 0.3 is 0 Å². The number of methoxy groups -OCH3 is 1. The standard InChI is InChI=1S/C21H24N2O3/c1-15(2)14-22-21(25)17-5-4-6-18(13-17)23-20(24)12-9-16-7-10-19(26-3)11-8-16/h4-13,15H,14H2,1-3H3,(H,22,25)(H,23,24)/b12-9+. The van der Waals surface area contributed by atoms with Crippen LogP contribution in [0.1, 0.15) is 29.8 Å². The van der Waals surface area contributed by atoms with E-state index in [9.17, 15) is 9.59 Å². The molecule has 0 aliphatic heterocycles. The van der Waals surface area contributed by atoms with Crippen LogP contribution in [0.25, 0.3) is 6.08 Å². The number of ether oxygens (including phenoxy) is 1. The van der Waals surface area contributed by atoms with Crippen LogP contribution >= 0.6 is 0 Å². The molecule has 5 heteroatoms. The quantitative estimate of drug-likeness (QED) is 0.746. The fourth-order valence-corrected chi connectivity index (χ4v) is 2.21. The summed E-state index contributed by atoms with van der Waals surface area (Å²) in [6, 6.07) is 14.3. The van der Waals surface area contributed by atoms with Gasteiger partial charge in [-0.15, -0.1) is 0 Å². The van der Waals surface area contributed by atoms with Crippen LogP contribution in [-0.4, -0.2) is 25.5 Å². The van der Waals surface area contributed by atoms with Gasteiger partial charge in [0.2, 0.25) is 5.91 Å². The fraction of sp³-hybridized carbons (Fsp3) is 0.238. The second-order valence-corrected chi connectivity index (χ2v) is 6.28. The van der Waals surface area contributed by atoms with E-state index in [0.717, 1.165) is 11.3 Å². The first-order valence-corrected chi connectivity index (χ1v) is 8.49. The SMILES string of the molecule is COc1ccc(/C=C/C(=O)Nc2cccc(C(=O)NCC(C)C)c2)cc1. The third-order valence-corrected chi connectivity index (χ3v) is 3.61. The summed E-state index contributed by atoms with van der Waals surface area (Å²) in [5.74, 6) is 0.730. The van der Waals surface area contributed by atoms with Crippen LogP contribution in [0, 0.1) is 5.92 Å². The summed E-state index contributed by atoms with van der Waals surface area (Å²) in [5.41, 5.74) is 1.98. The van der Waals surface area contributed by atoms with Gasteiger partial charge in [-0.2, -0.15) is 0 Å². The van der Waals surface area contributed by atoms with Gasteiger partial charge in [-0.3, -0.25) is 9.59 Å². The van der Waals surface area contributed by atoms with E-state index in [0.29, 0.717) is 23.7 Å². The van der Waals surface area contributed by atoms with E-state index in [2.05, 4.69) is 10.6 Å². The molecule has 0 bridgehead atoms. The van der Waals surface area contributed by atoms with Crippen LogP contribution in [-0.2, 0) is 4.79 Å². The Balaban J connectivity index is 1.96. The van der Waals surface area contributed by atoms with Crippen molar-refractivity contribution in [1.29, 1.82) is 0 Å². The van der Waals surface area contributed by atoms with E-state index in [1.165, 1.54) is 6.08 Å². The highest BCUT2D eigenvalue weighted by molar-refractivity contribution is 6.03. The number of nitrogens with one attached hydrogen (secondary N) is 2. The Kier molecular flexibility index (Phi) is 6.97. The molecule has 0 radical (unpaired) electrons. The molecular formula is C21H24N2O3. The van der Waals surface area contributed by atoms with Gasteiger partial charge in [0.15, 0.2) is 0 Å². The molecule has 0 aliphatic carbocycles. The Labute approximate surface area is 154 Å². The fourth-order valence-electron chi connectivity index (χ4n) is 2.21. The highest BCUT2D eigenvalue weighted by Gasteiger charge is 2.07. The predicted molar refractivity (Wildman–Crippen MR) is 104 cm³/mol. The first kappa shape index (κ1) is 19.2. The molecule has 2 amide bonds. The molecule has 0 fully saturated rings. The van der Waals surface area contributed by atoms with Crippen LogP contribution in [0.5, 0.6) is 5.75 Å². The summed E-state index contributed by atoms with van der Waals surface area (Å²) in [6.45, 7) is 4.68. The van der Waals surface area contributed by atoms with Gasteiger partial charge in [0, 0.05) is 23.9 Å². The maximum atomic E-state index is 12.1. The maximum Gasteiger partial charge on any atom is 0.251 e. The van der Waals surface area contributed by atoms with Crippen molar-refractivity contribution < 1.29 is 14.3 Å². The minimum Gasteiger partial charge on any atom is -0.497 e. The van der Waals surface area contributed by atoms with Gasteiger partial charge in [0.1, 0.15) is 5.75 Å². The highest BCUT2D eigenvalue weighted by Crippen LogP contribution is 2.13. The zero-order chi connectivity index (χ0) is 18.9. The molecule has 2 aromatic carbocycles. The van der Waals surface area contributed by atoms with E-state index in [1.807, 2.05) is 38.1 Å². The lowest BCUT2D eigenvalue weighted by Gasteiger charge is -2.09. The monoisotopic (exact) mass is 352 g/mol. The second kappa shape index (κ2) is 9.42. The van der Waals surface area contributed by atoms with Crippen molar-refractivity contribution >= 4 is 23.6 Å². The van der Waals surface area contributed by atoms with E-state index >= 15 is 0 Å². The van der Waals surface area contributed by atoms with Crippen molar-refractivity contribution in [1.82, 2.24) is 5.32 Å². The number of rotatable bonds is 7. The van der Waals surface area contributed by atoms with Crippen LogP contribution in [0.3, 0.4) is 0 Å². The average Bonchev–Trinajstić information content (AvgIpc) is 2.65. The Morgan fingerprint density at radius 1 is 1.12 bits per heavy atom. The maximum absolute atomic E-state index is 12.1. The smallest absolute Gasteiger partial charge is 0.251 e. The summed E-state index contributed by atoms with van der Waals surface area (Å²) < 4.78 is 5.10. The molecule has 0 unspecified atom stereocenters. The molecule has 2 N–H and O–H groups in total. The Morgan fingerprint density at radius 3 is 2.50 bits per heavy atom. The predicted octanol–water partition coefficient (Wildman–Crippen LogP) is 3.73. The van der Waals surface area contributed by atoms with E-state index in [-0.39, 0.29) is 11.8 Å². The lowest BCUT2D eigenvalue weighted by molar-refractivity contribution is -0.111. The Hall–Kier alpha value is -3.08. The number of hydrogen-bond donors (Lipinski definition) is 2. The molecule has 2 rings (SSSR count). The summed E-state index contributed by atoms with van der Waals surface area (Å²) in [4.78, 5) is 24.2. The van der Waals surface area contributed by atoms with Gasteiger partial charge in [-0.25, -0.2) is 0 Å². The molecule has 5 nitrogen and oxygen atoms in total. The van der Waals surface area contributed by atoms with Gasteiger partial charge < -0.3 is 15.4 Å². The number of amides is 2. The van der Waals surface area contributed by atoms with E-state index < -0.39 is 0 Å². The van der Waals surface area contributed by atoms with Gasteiger partial charge in [0.25, 0.3) is 5.91 Å². The summed E-state index contributed by atoms with van der Waals surface area (Å²) in [6.07, 6.45) is 3.17. The van der Waals surface area contributed by atoms with Crippen molar-refractivity contribution in [2.45, 2.75) is 13.8 Å². The second-order valence-electron chi connectivity index (χ2n) is 6.28. The zero-order valence-corrected chi connectivity index (χ0v) is 15.3. The number of anilines is 1. The summed E-state index contributed by atoms with van der Waals surface area (Å²) >= 11 is 0. The number of hydrogen-bond acceptors (Lipinski definition) is 3. The number of carbonyl (C=O) groups is 2. The molecule has 0 atom stereocenters. The van der Waals surface area contributed by atoms with Crippen LogP contribution in [0.2, 0.25) is 0 Å². The minimum absolute atomic E-state index is 0.149. The molecular weight excluding hydrogens is 328 g/mol. The molecule has 0 saturated heterocycles. The van der Waals surface area contributed by atoms with Crippen molar-refractivity contribution in [3.63, 3.8) is 0 Å². The molecule has 0 saturated carbocycles. The van der Waals surface area contributed by atoms with Crippen molar-refractivity contribution in [3.05, 3.63) is 65.7 Å². The van der Waals surface area contributed by atoms with Crippen molar-refractivity contribution in [2.75, 3.05) is 19.0 Å². The van der Waals surface area contributed by atoms with Crippen LogP contribution < -0.4 is 15.4 Å². The van der Waals surface area contributed by atoms with E-state index in [4.69, 9.17) is 4.74 Å². The van der Waals surface area contributed by atoms with Crippen molar-refractivity contribution in [3.8, 4) is 5.75 Å². The normalized spacial score (nSPS) is 10.8. The first-order valence-electron chi connectivity index (χ1n) is 8.49. The largest absolute Gasteiger partial charge is 0.497 e. The Bertz CT molecular complexity index is 780. The van der Waals surface area contributed by atoms with Gasteiger partial charge in [-0.1, -0.05) is 32.0 Å². The van der Waals surface area contributed by atoms with Gasteiger partial charge in [-0.05, 0) is 47.9 Å². The molecule has 0 aliphatic rings. The lowest BCUT2D eigenvalue weighted by Crippen LogP contribution is -2.27. The molecule has 2 aromatic rings. The highest BCUT2D eigenvalue weighted by atomic mass is 16.5. The topological polar surface area (TPSA) is 67.4 Å². The first-order chi connectivity index (χ1) is 12.5.